The Kier molecular flexibility index (Phi) is 4.55. The zero-order chi connectivity index (χ0) is 13.8. The Morgan fingerprint density at radius 3 is 2.68 bits per heavy atom. The van der Waals surface area contributed by atoms with E-state index in [2.05, 4.69) is 5.32 Å². The van der Waals surface area contributed by atoms with Crippen LogP contribution in [0.15, 0.2) is 12.1 Å². The Hall–Kier alpha value is -1.40. The Morgan fingerprint density at radius 2 is 2.11 bits per heavy atom. The minimum absolute atomic E-state index is 0.0120. The normalized spacial score (nSPS) is 16.4. The van der Waals surface area contributed by atoms with Crippen LogP contribution >= 0.6 is 11.3 Å². The van der Waals surface area contributed by atoms with Crippen LogP contribution < -0.4 is 5.32 Å². The van der Waals surface area contributed by atoms with Crippen LogP contribution in [0.25, 0.3) is 0 Å². The van der Waals surface area contributed by atoms with Crippen molar-refractivity contribution in [1.29, 1.82) is 0 Å². The van der Waals surface area contributed by atoms with Crippen LogP contribution in [0.3, 0.4) is 0 Å². The largest absolute Gasteiger partial charge is 0.396 e. The van der Waals surface area contributed by atoms with Crippen molar-refractivity contribution in [1.82, 2.24) is 4.90 Å². The molecule has 2 amide bonds. The second-order valence-corrected chi connectivity index (χ2v) is 5.85. The smallest absolute Gasteiger partial charge is 0.263 e. The predicted octanol–water partition coefficient (Wildman–Crippen LogP) is 1.55. The Bertz CT molecular complexity index is 464. The van der Waals surface area contributed by atoms with Gasteiger partial charge in [0.2, 0.25) is 5.91 Å². The molecule has 0 aliphatic carbocycles. The fourth-order valence-corrected chi connectivity index (χ4v) is 3.09. The third kappa shape index (κ3) is 3.54. The second-order valence-electron chi connectivity index (χ2n) is 4.76. The lowest BCUT2D eigenvalue weighted by atomic mass is 9.98. The van der Waals surface area contributed by atoms with Crippen molar-refractivity contribution < 1.29 is 14.7 Å². The summed E-state index contributed by atoms with van der Waals surface area (Å²) in [5, 5.41) is 12.4. The summed E-state index contributed by atoms with van der Waals surface area (Å²) in [5.74, 6) is 0.199. The van der Waals surface area contributed by atoms with E-state index in [9.17, 15) is 9.59 Å². The zero-order valence-corrected chi connectivity index (χ0v) is 11.7. The van der Waals surface area contributed by atoms with Gasteiger partial charge in [0.1, 0.15) is 0 Å². The minimum Gasteiger partial charge on any atom is -0.396 e. The number of rotatable bonds is 3. The van der Waals surface area contributed by atoms with E-state index in [4.69, 9.17) is 5.11 Å². The standard InChI is InChI=1S/C13H18N2O3S/c1-9(17)14-12-3-2-11(19-12)13(18)15-6-4-10(8-16)5-7-15/h2-3,10,16H,4-8H2,1H3,(H,14,17). The lowest BCUT2D eigenvalue weighted by Gasteiger charge is -2.30. The molecule has 0 atom stereocenters. The van der Waals surface area contributed by atoms with Gasteiger partial charge in [-0.1, -0.05) is 0 Å². The fraction of sp³-hybridized carbons (Fsp3) is 0.538. The average molecular weight is 282 g/mol. The van der Waals surface area contributed by atoms with Crippen molar-refractivity contribution in [2.24, 2.45) is 5.92 Å². The van der Waals surface area contributed by atoms with Gasteiger partial charge in [-0.3, -0.25) is 9.59 Å². The molecule has 1 aromatic heterocycles. The summed E-state index contributed by atoms with van der Waals surface area (Å²) in [6.07, 6.45) is 1.71. The third-order valence-corrected chi connectivity index (χ3v) is 4.26. The maximum Gasteiger partial charge on any atom is 0.263 e. The van der Waals surface area contributed by atoms with Gasteiger partial charge < -0.3 is 15.3 Å². The van der Waals surface area contributed by atoms with Gasteiger partial charge in [-0.15, -0.1) is 11.3 Å². The molecule has 0 aromatic carbocycles. The number of thiophene rings is 1. The van der Waals surface area contributed by atoms with Crippen LogP contribution in [0.4, 0.5) is 5.00 Å². The summed E-state index contributed by atoms with van der Waals surface area (Å²) in [6.45, 7) is 3.03. The molecule has 1 aliphatic rings. The van der Waals surface area contributed by atoms with Crippen molar-refractivity contribution in [2.75, 3.05) is 25.0 Å². The minimum atomic E-state index is -0.135. The molecule has 2 heterocycles. The number of hydrogen-bond acceptors (Lipinski definition) is 4. The van der Waals surface area contributed by atoms with E-state index in [-0.39, 0.29) is 18.4 Å². The lowest BCUT2D eigenvalue weighted by molar-refractivity contribution is -0.114. The number of aliphatic hydroxyl groups is 1. The van der Waals surface area contributed by atoms with Gasteiger partial charge in [0.25, 0.3) is 5.91 Å². The topological polar surface area (TPSA) is 69.6 Å². The first-order valence-corrected chi connectivity index (χ1v) is 7.19. The van der Waals surface area contributed by atoms with Crippen molar-refractivity contribution in [3.8, 4) is 0 Å². The fourth-order valence-electron chi connectivity index (χ4n) is 2.17. The first-order chi connectivity index (χ1) is 9.10. The van der Waals surface area contributed by atoms with E-state index >= 15 is 0 Å². The Balaban J connectivity index is 1.96. The molecular formula is C13H18N2O3S. The zero-order valence-electron chi connectivity index (χ0n) is 10.9. The molecule has 104 valence electrons. The van der Waals surface area contributed by atoms with Crippen molar-refractivity contribution >= 4 is 28.2 Å². The quantitative estimate of drug-likeness (QED) is 0.883. The molecule has 2 rings (SSSR count). The van der Waals surface area contributed by atoms with Crippen molar-refractivity contribution in [3.05, 3.63) is 17.0 Å². The average Bonchev–Trinajstić information content (AvgIpc) is 2.85. The number of carbonyl (C=O) groups excluding carboxylic acids is 2. The molecular weight excluding hydrogens is 264 g/mol. The summed E-state index contributed by atoms with van der Waals surface area (Å²) in [5.41, 5.74) is 0. The molecule has 0 unspecified atom stereocenters. The number of aliphatic hydroxyl groups excluding tert-OH is 1. The van der Waals surface area contributed by atoms with Crippen LogP contribution in [-0.2, 0) is 4.79 Å². The van der Waals surface area contributed by atoms with Crippen LogP contribution in [-0.4, -0.2) is 41.5 Å². The second kappa shape index (κ2) is 6.16. The van der Waals surface area contributed by atoms with Gasteiger partial charge in [0.05, 0.1) is 9.88 Å². The maximum atomic E-state index is 12.3. The molecule has 5 nitrogen and oxygen atoms in total. The number of piperidine rings is 1. The molecule has 19 heavy (non-hydrogen) atoms. The number of amides is 2. The first-order valence-electron chi connectivity index (χ1n) is 6.37. The highest BCUT2D eigenvalue weighted by Crippen LogP contribution is 2.25. The number of nitrogens with zero attached hydrogens (tertiary/aromatic N) is 1. The molecule has 0 spiro atoms. The maximum absolute atomic E-state index is 12.3. The number of carbonyl (C=O) groups is 2. The summed E-state index contributed by atoms with van der Waals surface area (Å²) >= 11 is 1.30. The van der Waals surface area contributed by atoms with Gasteiger partial charge in [0, 0.05) is 26.6 Å². The number of anilines is 1. The van der Waals surface area contributed by atoms with E-state index < -0.39 is 0 Å². The van der Waals surface area contributed by atoms with Gasteiger partial charge in [0.15, 0.2) is 0 Å². The molecule has 2 N–H and O–H groups in total. The molecule has 1 aromatic rings. The molecule has 1 aliphatic heterocycles. The van der Waals surface area contributed by atoms with Crippen LogP contribution in [0.1, 0.15) is 29.4 Å². The van der Waals surface area contributed by atoms with E-state index in [0.29, 0.717) is 28.9 Å². The number of hydrogen-bond donors (Lipinski definition) is 2. The van der Waals surface area contributed by atoms with Crippen molar-refractivity contribution in [3.63, 3.8) is 0 Å². The van der Waals surface area contributed by atoms with Crippen LogP contribution in [0, 0.1) is 5.92 Å². The molecule has 0 saturated carbocycles. The van der Waals surface area contributed by atoms with Gasteiger partial charge >= 0.3 is 0 Å². The highest BCUT2D eigenvalue weighted by molar-refractivity contribution is 7.18. The molecule has 0 radical (unpaired) electrons. The predicted molar refractivity (Wildman–Crippen MR) is 74.3 cm³/mol. The van der Waals surface area contributed by atoms with Gasteiger partial charge in [-0.05, 0) is 30.9 Å². The van der Waals surface area contributed by atoms with Crippen LogP contribution in [0.2, 0.25) is 0 Å². The summed E-state index contributed by atoms with van der Waals surface area (Å²) in [7, 11) is 0. The summed E-state index contributed by atoms with van der Waals surface area (Å²) < 4.78 is 0. The highest BCUT2D eigenvalue weighted by atomic mass is 32.1. The van der Waals surface area contributed by atoms with Gasteiger partial charge in [-0.25, -0.2) is 0 Å². The number of nitrogens with one attached hydrogen (secondary N) is 1. The van der Waals surface area contributed by atoms with Crippen LogP contribution in [0.5, 0.6) is 0 Å². The van der Waals surface area contributed by atoms with E-state index in [0.717, 1.165) is 12.8 Å². The Labute approximate surface area is 116 Å². The van der Waals surface area contributed by atoms with E-state index in [1.807, 2.05) is 4.90 Å². The SMILES string of the molecule is CC(=O)Nc1ccc(C(=O)N2CCC(CO)CC2)s1. The van der Waals surface area contributed by atoms with E-state index in [1.165, 1.54) is 18.3 Å². The summed E-state index contributed by atoms with van der Waals surface area (Å²) in [4.78, 5) is 25.7. The molecule has 1 fully saturated rings. The first kappa shape index (κ1) is 14.0. The monoisotopic (exact) mass is 282 g/mol. The lowest BCUT2D eigenvalue weighted by Crippen LogP contribution is -2.38. The third-order valence-electron chi connectivity index (χ3n) is 3.28. The molecule has 6 heteroatoms. The highest BCUT2D eigenvalue weighted by Gasteiger charge is 2.24. The molecule has 1 saturated heterocycles. The number of likely N-dealkylation sites (tertiary alicyclic amines) is 1. The Morgan fingerprint density at radius 1 is 1.42 bits per heavy atom. The van der Waals surface area contributed by atoms with E-state index in [1.54, 1.807) is 12.1 Å². The molecule has 0 bridgehead atoms. The van der Waals surface area contributed by atoms with Gasteiger partial charge in [-0.2, -0.15) is 0 Å². The van der Waals surface area contributed by atoms with Crippen molar-refractivity contribution in [2.45, 2.75) is 19.8 Å². The summed E-state index contributed by atoms with van der Waals surface area (Å²) in [6, 6.07) is 3.50.